The highest BCUT2D eigenvalue weighted by molar-refractivity contribution is 6.22. The summed E-state index contributed by atoms with van der Waals surface area (Å²) in [6, 6.07) is 11.2. The van der Waals surface area contributed by atoms with Crippen LogP contribution in [0.4, 0.5) is 5.69 Å². The van der Waals surface area contributed by atoms with Crippen LogP contribution in [0.15, 0.2) is 30.3 Å². The number of hydrogen-bond acceptors (Lipinski definition) is 3. The molecule has 0 saturated carbocycles. The monoisotopic (exact) mass is 462 g/mol. The van der Waals surface area contributed by atoms with Crippen molar-refractivity contribution in [1.29, 1.82) is 0 Å². The molecule has 34 heavy (non-hydrogen) atoms. The zero-order valence-electron chi connectivity index (χ0n) is 22.2. The van der Waals surface area contributed by atoms with Crippen molar-refractivity contribution in [3.63, 3.8) is 0 Å². The van der Waals surface area contributed by atoms with Crippen molar-refractivity contribution < 1.29 is 4.79 Å². The Balaban J connectivity index is 1.70. The first-order valence-corrected chi connectivity index (χ1v) is 14.1. The zero-order valence-corrected chi connectivity index (χ0v) is 22.2. The Bertz CT molecular complexity index is 969. The van der Waals surface area contributed by atoms with E-state index in [1.165, 1.54) is 67.2 Å². The van der Waals surface area contributed by atoms with Gasteiger partial charge in [0.1, 0.15) is 0 Å². The number of anilines is 1. The number of carbonyl (C=O) groups is 1. The lowest BCUT2D eigenvalue weighted by Gasteiger charge is -2.30. The maximum Gasteiger partial charge on any atom is 0.174 e. The Morgan fingerprint density at radius 1 is 0.882 bits per heavy atom. The molecule has 0 radical (unpaired) electrons. The first-order chi connectivity index (χ1) is 16.5. The molecule has 2 aliphatic rings. The Labute approximate surface area is 207 Å². The van der Waals surface area contributed by atoms with Gasteiger partial charge in [0.15, 0.2) is 5.78 Å². The smallest absolute Gasteiger partial charge is 0.174 e. The summed E-state index contributed by atoms with van der Waals surface area (Å²) in [5, 5.41) is 2.56. The van der Waals surface area contributed by atoms with Gasteiger partial charge < -0.3 is 9.80 Å². The zero-order chi connectivity index (χ0) is 24.1. The molecule has 2 aromatic carbocycles. The Kier molecular flexibility index (Phi) is 8.34. The summed E-state index contributed by atoms with van der Waals surface area (Å²) < 4.78 is 0. The van der Waals surface area contributed by atoms with Crippen molar-refractivity contribution in [3.8, 4) is 0 Å². The molecule has 1 heterocycles. The summed E-state index contributed by atoms with van der Waals surface area (Å²) in [4.78, 5) is 19.3. The second-order valence-corrected chi connectivity index (χ2v) is 11.2. The minimum absolute atomic E-state index is 0.308. The second-order valence-electron chi connectivity index (χ2n) is 11.2. The number of nitrogens with zero attached hydrogens (tertiary/aromatic N) is 2. The van der Waals surface area contributed by atoms with Crippen LogP contribution in [0, 0.1) is 5.92 Å². The first-order valence-electron chi connectivity index (χ1n) is 14.1. The van der Waals surface area contributed by atoms with Gasteiger partial charge in [0.25, 0.3) is 0 Å². The summed E-state index contributed by atoms with van der Waals surface area (Å²) in [6.07, 6.45) is 10.3. The molecule has 1 aliphatic heterocycles. The standard InChI is InChI=1S/C31H46N2O/c1-5-7-9-17-31(18-10-8-6-2)27-15-16-28(25-13-11-14-26(29(25)27)30(31)34)33-20-12-19-32(21-22-33)23-24(3)4/h11,13-16,24H,5-10,12,17-23H2,1-4H3. The second kappa shape index (κ2) is 11.2. The summed E-state index contributed by atoms with van der Waals surface area (Å²) >= 11 is 0. The van der Waals surface area contributed by atoms with Gasteiger partial charge in [-0.1, -0.05) is 90.5 Å². The molecular formula is C31H46N2O. The topological polar surface area (TPSA) is 23.6 Å². The fourth-order valence-corrected chi connectivity index (χ4v) is 6.52. The van der Waals surface area contributed by atoms with Crippen LogP contribution in [-0.4, -0.2) is 43.4 Å². The molecule has 3 heteroatoms. The molecule has 0 N–H and O–H groups in total. The minimum Gasteiger partial charge on any atom is -0.370 e. The van der Waals surface area contributed by atoms with E-state index in [2.05, 4.69) is 67.8 Å². The molecule has 1 aliphatic carbocycles. The molecule has 0 bridgehead atoms. The van der Waals surface area contributed by atoms with Crippen molar-refractivity contribution >= 4 is 22.2 Å². The summed E-state index contributed by atoms with van der Waals surface area (Å²) in [5.74, 6) is 1.11. The number of carbonyl (C=O) groups excluding carboxylic acids is 1. The maximum absolute atomic E-state index is 14.1. The number of unbranched alkanes of at least 4 members (excludes halogenated alkanes) is 4. The van der Waals surface area contributed by atoms with Gasteiger partial charge in [-0.25, -0.2) is 0 Å². The summed E-state index contributed by atoms with van der Waals surface area (Å²) in [5.41, 5.74) is 3.34. The third kappa shape index (κ3) is 4.91. The van der Waals surface area contributed by atoms with E-state index in [9.17, 15) is 4.79 Å². The van der Waals surface area contributed by atoms with Crippen molar-refractivity contribution in [3.05, 3.63) is 41.5 Å². The molecule has 0 amide bonds. The van der Waals surface area contributed by atoms with Gasteiger partial charge in [0, 0.05) is 42.8 Å². The largest absolute Gasteiger partial charge is 0.370 e. The molecule has 1 fully saturated rings. The van der Waals surface area contributed by atoms with Crippen molar-refractivity contribution in [2.45, 2.75) is 90.9 Å². The van der Waals surface area contributed by atoms with Crippen LogP contribution in [0.25, 0.3) is 10.8 Å². The molecule has 0 unspecified atom stereocenters. The SMILES string of the molecule is CCCCCC1(CCCCC)C(=O)c2cccc3c(N4CCCN(CC(C)C)CC4)ccc1c23. The fraction of sp³-hybridized carbons (Fsp3) is 0.645. The van der Waals surface area contributed by atoms with Crippen molar-refractivity contribution in [2.75, 3.05) is 37.6 Å². The van der Waals surface area contributed by atoms with Crippen LogP contribution in [0.5, 0.6) is 0 Å². The minimum atomic E-state index is -0.308. The lowest BCUT2D eigenvalue weighted by Crippen LogP contribution is -2.33. The van der Waals surface area contributed by atoms with Crippen LogP contribution < -0.4 is 4.90 Å². The Morgan fingerprint density at radius 3 is 2.29 bits per heavy atom. The molecule has 4 rings (SSSR count). The number of hydrogen-bond donors (Lipinski definition) is 0. The lowest BCUT2D eigenvalue weighted by atomic mass is 9.72. The van der Waals surface area contributed by atoms with Gasteiger partial charge in [0.05, 0.1) is 5.41 Å². The third-order valence-corrected chi connectivity index (χ3v) is 8.18. The predicted molar refractivity (Wildman–Crippen MR) is 146 cm³/mol. The molecule has 1 saturated heterocycles. The van der Waals surface area contributed by atoms with E-state index in [0.29, 0.717) is 11.7 Å². The van der Waals surface area contributed by atoms with E-state index in [-0.39, 0.29) is 5.41 Å². The molecule has 186 valence electrons. The normalized spacial score (nSPS) is 18.3. The van der Waals surface area contributed by atoms with Crippen LogP contribution in [0.2, 0.25) is 0 Å². The van der Waals surface area contributed by atoms with E-state index in [1.54, 1.807) is 0 Å². The first kappa shape index (κ1) is 25.2. The predicted octanol–water partition coefficient (Wildman–Crippen LogP) is 7.60. The van der Waals surface area contributed by atoms with Crippen molar-refractivity contribution in [2.24, 2.45) is 5.92 Å². The van der Waals surface area contributed by atoms with Gasteiger partial charge in [-0.3, -0.25) is 4.79 Å². The summed E-state index contributed by atoms with van der Waals surface area (Å²) in [6.45, 7) is 14.8. The lowest BCUT2D eigenvalue weighted by molar-refractivity contribution is 0.0870. The third-order valence-electron chi connectivity index (χ3n) is 8.18. The molecule has 0 spiro atoms. The van der Waals surface area contributed by atoms with Crippen LogP contribution in [0.1, 0.15) is 101 Å². The molecule has 0 atom stereocenters. The van der Waals surface area contributed by atoms with E-state index in [4.69, 9.17) is 0 Å². The number of ketones is 1. The van der Waals surface area contributed by atoms with Gasteiger partial charge in [0.2, 0.25) is 0 Å². The number of rotatable bonds is 11. The number of benzene rings is 2. The van der Waals surface area contributed by atoms with Gasteiger partial charge in [-0.2, -0.15) is 0 Å². The highest BCUT2D eigenvalue weighted by Crippen LogP contribution is 2.50. The highest BCUT2D eigenvalue weighted by atomic mass is 16.1. The van der Waals surface area contributed by atoms with Crippen LogP contribution in [0.3, 0.4) is 0 Å². The van der Waals surface area contributed by atoms with Crippen LogP contribution in [-0.2, 0) is 5.41 Å². The van der Waals surface area contributed by atoms with E-state index < -0.39 is 0 Å². The average molecular weight is 463 g/mol. The van der Waals surface area contributed by atoms with Gasteiger partial charge in [-0.05, 0) is 48.7 Å². The van der Waals surface area contributed by atoms with E-state index in [1.807, 2.05) is 0 Å². The van der Waals surface area contributed by atoms with Gasteiger partial charge >= 0.3 is 0 Å². The van der Waals surface area contributed by atoms with Gasteiger partial charge in [-0.15, -0.1) is 0 Å². The Morgan fingerprint density at radius 2 is 1.62 bits per heavy atom. The summed E-state index contributed by atoms with van der Waals surface area (Å²) in [7, 11) is 0. The Hall–Kier alpha value is -1.87. The quantitative estimate of drug-likeness (QED) is 0.321. The van der Waals surface area contributed by atoms with E-state index in [0.717, 1.165) is 50.9 Å². The average Bonchev–Trinajstić information content (AvgIpc) is 2.95. The fourth-order valence-electron chi connectivity index (χ4n) is 6.52. The molecular weight excluding hydrogens is 416 g/mol. The highest BCUT2D eigenvalue weighted by Gasteiger charge is 2.46. The maximum atomic E-state index is 14.1. The molecule has 2 aromatic rings. The van der Waals surface area contributed by atoms with E-state index >= 15 is 0 Å². The number of Topliss-reactive ketones (excluding diaryl/α,β-unsaturated/α-hetero) is 1. The van der Waals surface area contributed by atoms with Crippen LogP contribution >= 0.6 is 0 Å². The molecule has 0 aromatic heterocycles. The molecule has 3 nitrogen and oxygen atoms in total. The van der Waals surface area contributed by atoms with Crippen molar-refractivity contribution in [1.82, 2.24) is 4.90 Å².